The molecular weight excluding hydrogens is 206 g/mol. The van der Waals surface area contributed by atoms with E-state index in [1.165, 1.54) is 45.1 Å². The summed E-state index contributed by atoms with van der Waals surface area (Å²) >= 11 is 0. The van der Waals surface area contributed by atoms with Crippen LogP contribution in [0, 0.1) is 17.8 Å². The van der Waals surface area contributed by atoms with Gasteiger partial charge in [0.25, 0.3) is 0 Å². The van der Waals surface area contributed by atoms with Gasteiger partial charge < -0.3 is 5.32 Å². The fraction of sp³-hybridized carbons (Fsp3) is 1.00. The van der Waals surface area contributed by atoms with E-state index in [1.54, 1.807) is 0 Å². The van der Waals surface area contributed by atoms with Crippen LogP contribution in [0.2, 0.25) is 0 Å². The highest BCUT2D eigenvalue weighted by Crippen LogP contribution is 2.32. The lowest BCUT2D eigenvalue weighted by Gasteiger charge is -2.33. The maximum absolute atomic E-state index is 3.72. The summed E-state index contributed by atoms with van der Waals surface area (Å²) in [5, 5.41) is 3.72. The van der Waals surface area contributed by atoms with Crippen molar-refractivity contribution in [1.29, 1.82) is 0 Å². The molecule has 1 unspecified atom stereocenters. The van der Waals surface area contributed by atoms with Gasteiger partial charge in [0.05, 0.1) is 0 Å². The Kier molecular flexibility index (Phi) is 5.99. The zero-order chi connectivity index (χ0) is 12.9. The summed E-state index contributed by atoms with van der Waals surface area (Å²) in [5.41, 5.74) is 0.262. The monoisotopic (exact) mass is 239 g/mol. The molecule has 17 heavy (non-hydrogen) atoms. The Bertz CT molecular complexity index is 194. The molecule has 0 aromatic carbocycles. The molecule has 102 valence electrons. The lowest BCUT2D eigenvalue weighted by Crippen LogP contribution is -2.42. The first-order valence-corrected chi connectivity index (χ1v) is 7.65. The summed E-state index contributed by atoms with van der Waals surface area (Å²) in [6, 6.07) is 0. The second-order valence-corrected chi connectivity index (χ2v) is 7.29. The molecule has 0 radical (unpaired) electrons. The fourth-order valence-corrected chi connectivity index (χ4v) is 3.11. The summed E-state index contributed by atoms with van der Waals surface area (Å²) in [4.78, 5) is 0. The number of hydrogen-bond acceptors (Lipinski definition) is 1. The molecule has 0 aromatic heterocycles. The van der Waals surface area contributed by atoms with Crippen molar-refractivity contribution in [3.8, 4) is 0 Å². The van der Waals surface area contributed by atoms with Crippen molar-refractivity contribution in [2.75, 3.05) is 6.54 Å². The average molecular weight is 239 g/mol. The zero-order valence-electron chi connectivity index (χ0n) is 12.7. The average Bonchev–Trinajstić information content (AvgIpc) is 2.44. The second-order valence-electron chi connectivity index (χ2n) is 7.29. The van der Waals surface area contributed by atoms with E-state index in [-0.39, 0.29) is 5.54 Å². The van der Waals surface area contributed by atoms with Crippen LogP contribution in [-0.2, 0) is 0 Å². The number of nitrogens with one attached hydrogen (secondary N) is 1. The van der Waals surface area contributed by atoms with E-state index in [2.05, 4.69) is 39.9 Å². The van der Waals surface area contributed by atoms with Crippen LogP contribution < -0.4 is 5.32 Å². The first kappa shape index (κ1) is 15.0. The van der Waals surface area contributed by atoms with Gasteiger partial charge in [-0.25, -0.2) is 0 Å². The smallest absolute Gasteiger partial charge is 0.00966 e. The topological polar surface area (TPSA) is 12.0 Å². The highest BCUT2D eigenvalue weighted by molar-refractivity contribution is 4.80. The van der Waals surface area contributed by atoms with E-state index in [0.29, 0.717) is 0 Å². The highest BCUT2D eigenvalue weighted by atomic mass is 14.9. The van der Waals surface area contributed by atoms with Crippen molar-refractivity contribution < 1.29 is 0 Å². The lowest BCUT2D eigenvalue weighted by molar-refractivity contribution is 0.206. The summed E-state index contributed by atoms with van der Waals surface area (Å²) in [5.74, 6) is 2.65. The van der Waals surface area contributed by atoms with E-state index >= 15 is 0 Å². The summed E-state index contributed by atoms with van der Waals surface area (Å²) in [6.07, 6.45) is 8.79. The van der Waals surface area contributed by atoms with Crippen molar-refractivity contribution >= 4 is 0 Å². The third-order valence-electron chi connectivity index (χ3n) is 4.23. The third-order valence-corrected chi connectivity index (χ3v) is 4.23. The van der Waals surface area contributed by atoms with Crippen LogP contribution in [-0.4, -0.2) is 12.1 Å². The molecule has 0 bridgehead atoms. The Morgan fingerprint density at radius 2 is 1.53 bits per heavy atom. The van der Waals surface area contributed by atoms with Gasteiger partial charge >= 0.3 is 0 Å². The van der Waals surface area contributed by atoms with Crippen LogP contribution in [0.15, 0.2) is 0 Å². The molecule has 0 spiro atoms. The van der Waals surface area contributed by atoms with Gasteiger partial charge in [0.1, 0.15) is 0 Å². The van der Waals surface area contributed by atoms with E-state index in [1.807, 2.05) is 0 Å². The molecule has 0 heterocycles. The molecule has 1 aliphatic rings. The highest BCUT2D eigenvalue weighted by Gasteiger charge is 2.26. The van der Waals surface area contributed by atoms with Crippen LogP contribution in [0.3, 0.4) is 0 Å². The van der Waals surface area contributed by atoms with Crippen molar-refractivity contribution in [2.24, 2.45) is 17.8 Å². The van der Waals surface area contributed by atoms with Gasteiger partial charge in [0.2, 0.25) is 0 Å². The maximum Gasteiger partial charge on any atom is 0.00966 e. The Labute approximate surface area is 109 Å². The normalized spacial score (nSPS) is 21.5. The Balaban J connectivity index is 2.51. The second kappa shape index (κ2) is 6.78. The molecular formula is C16H33N. The molecule has 1 heteroatoms. The number of hydrogen-bond donors (Lipinski definition) is 1. The van der Waals surface area contributed by atoms with E-state index in [4.69, 9.17) is 0 Å². The standard InChI is InChI=1S/C16H33N/c1-13(2)15(12-17-16(3,4)5)14-10-8-6-7-9-11-14/h13-15,17H,6-12H2,1-5H3. The number of rotatable bonds is 4. The van der Waals surface area contributed by atoms with Gasteiger partial charge in [-0.15, -0.1) is 0 Å². The van der Waals surface area contributed by atoms with Crippen LogP contribution in [0.25, 0.3) is 0 Å². The van der Waals surface area contributed by atoms with Crippen LogP contribution in [0.5, 0.6) is 0 Å². The lowest BCUT2D eigenvalue weighted by atomic mass is 9.79. The molecule has 0 aromatic rings. The molecule has 1 saturated carbocycles. The Morgan fingerprint density at radius 3 is 1.94 bits per heavy atom. The van der Waals surface area contributed by atoms with Crippen molar-refractivity contribution in [2.45, 2.75) is 78.7 Å². The predicted octanol–water partition coefficient (Wildman–Crippen LogP) is 4.62. The molecule has 1 nitrogen and oxygen atoms in total. The predicted molar refractivity (Wildman–Crippen MR) is 77.3 cm³/mol. The summed E-state index contributed by atoms with van der Waals surface area (Å²) < 4.78 is 0. The molecule has 0 amide bonds. The molecule has 0 saturated heterocycles. The van der Waals surface area contributed by atoms with Crippen molar-refractivity contribution in [3.05, 3.63) is 0 Å². The summed E-state index contributed by atoms with van der Waals surface area (Å²) in [6.45, 7) is 12.8. The third kappa shape index (κ3) is 5.90. The minimum Gasteiger partial charge on any atom is -0.312 e. The maximum atomic E-state index is 3.72. The van der Waals surface area contributed by atoms with Gasteiger partial charge in [0, 0.05) is 5.54 Å². The van der Waals surface area contributed by atoms with E-state index in [9.17, 15) is 0 Å². The first-order chi connectivity index (χ1) is 7.90. The molecule has 1 atom stereocenters. The van der Waals surface area contributed by atoms with Gasteiger partial charge in [-0.3, -0.25) is 0 Å². The van der Waals surface area contributed by atoms with E-state index < -0.39 is 0 Å². The van der Waals surface area contributed by atoms with Gasteiger partial charge in [0.15, 0.2) is 0 Å². The van der Waals surface area contributed by atoms with Crippen molar-refractivity contribution in [1.82, 2.24) is 5.32 Å². The molecule has 1 N–H and O–H groups in total. The quantitative estimate of drug-likeness (QED) is 0.706. The van der Waals surface area contributed by atoms with E-state index in [0.717, 1.165) is 17.8 Å². The Hall–Kier alpha value is -0.0400. The minimum atomic E-state index is 0.262. The molecule has 1 fully saturated rings. The first-order valence-electron chi connectivity index (χ1n) is 7.65. The van der Waals surface area contributed by atoms with Gasteiger partial charge in [-0.2, -0.15) is 0 Å². The van der Waals surface area contributed by atoms with Gasteiger partial charge in [-0.1, -0.05) is 52.4 Å². The largest absolute Gasteiger partial charge is 0.312 e. The fourth-order valence-electron chi connectivity index (χ4n) is 3.11. The van der Waals surface area contributed by atoms with Crippen LogP contribution in [0.1, 0.15) is 73.1 Å². The SMILES string of the molecule is CC(C)C(CNC(C)(C)C)C1CCCCCC1. The molecule has 1 rings (SSSR count). The molecule has 1 aliphatic carbocycles. The van der Waals surface area contributed by atoms with Crippen LogP contribution in [0.4, 0.5) is 0 Å². The van der Waals surface area contributed by atoms with Gasteiger partial charge in [-0.05, 0) is 45.1 Å². The van der Waals surface area contributed by atoms with Crippen LogP contribution >= 0.6 is 0 Å². The minimum absolute atomic E-state index is 0.262. The zero-order valence-corrected chi connectivity index (χ0v) is 12.7. The summed E-state index contributed by atoms with van der Waals surface area (Å²) in [7, 11) is 0. The van der Waals surface area contributed by atoms with Crippen molar-refractivity contribution in [3.63, 3.8) is 0 Å². The molecule has 0 aliphatic heterocycles. The Morgan fingerprint density at radius 1 is 1.00 bits per heavy atom.